The molecular formula is C23H22Cl2F3N5O3. The molecule has 192 valence electrons. The Morgan fingerprint density at radius 3 is 2.53 bits per heavy atom. The largest absolute Gasteiger partial charge is 0.467 e. The zero-order valence-corrected chi connectivity index (χ0v) is 20.9. The Balaban J connectivity index is 2.01. The summed E-state index contributed by atoms with van der Waals surface area (Å²) in [7, 11) is 0. The van der Waals surface area contributed by atoms with Crippen molar-refractivity contribution in [3.63, 3.8) is 0 Å². The van der Waals surface area contributed by atoms with Crippen molar-refractivity contribution in [3.8, 4) is 11.7 Å². The van der Waals surface area contributed by atoms with Crippen LogP contribution in [0.15, 0.2) is 36.5 Å². The first kappa shape index (κ1) is 27.3. The molecule has 1 aromatic carbocycles. The van der Waals surface area contributed by atoms with Crippen LogP contribution >= 0.6 is 23.2 Å². The van der Waals surface area contributed by atoms with Gasteiger partial charge in [-0.3, -0.25) is 9.59 Å². The molecule has 0 unspecified atom stereocenters. The number of benzene rings is 1. The van der Waals surface area contributed by atoms with Crippen molar-refractivity contribution in [3.05, 3.63) is 63.4 Å². The Morgan fingerprint density at radius 2 is 1.89 bits per heavy atom. The molecule has 2 heterocycles. The highest BCUT2D eigenvalue weighted by Crippen LogP contribution is 2.28. The van der Waals surface area contributed by atoms with Gasteiger partial charge in [-0.15, -0.1) is 5.10 Å². The number of hydrogen-bond acceptors (Lipinski definition) is 5. The fourth-order valence-electron chi connectivity index (χ4n) is 3.10. The quantitative estimate of drug-likeness (QED) is 0.393. The fourth-order valence-corrected chi connectivity index (χ4v) is 3.57. The Bertz CT molecular complexity index is 1280. The van der Waals surface area contributed by atoms with E-state index < -0.39 is 30.5 Å². The number of aryl methyl sites for hydroxylation is 1. The third kappa shape index (κ3) is 6.88. The second kappa shape index (κ2) is 11.2. The molecule has 0 radical (unpaired) electrons. The molecule has 0 atom stereocenters. The van der Waals surface area contributed by atoms with E-state index in [1.807, 2.05) is 13.8 Å². The van der Waals surface area contributed by atoms with Gasteiger partial charge in [-0.25, -0.2) is 9.67 Å². The van der Waals surface area contributed by atoms with Crippen LogP contribution in [0.25, 0.3) is 5.82 Å². The lowest BCUT2D eigenvalue weighted by molar-refractivity contribution is -0.154. The molecule has 13 heteroatoms. The van der Waals surface area contributed by atoms with Gasteiger partial charge in [0.1, 0.15) is 5.69 Å². The number of anilines is 1. The standard InChI is InChI=1S/C23H22Cl2F3N5O3/c1-12(2)10-30-21(34)15-8-14(24)7-13(3)19(15)31-22(35)17-9-18(36-11-23(26,27)28)32-33(17)20-16(25)5-4-6-29-20/h4-9,12H,10-11H2,1-3H3,(H,30,34)(H,31,35). The first-order valence-corrected chi connectivity index (χ1v) is 11.4. The minimum absolute atomic E-state index is 0.00565. The number of nitrogens with zero attached hydrogens (tertiary/aromatic N) is 3. The second-order valence-electron chi connectivity index (χ2n) is 8.20. The van der Waals surface area contributed by atoms with Crippen LogP contribution in [-0.2, 0) is 0 Å². The average molecular weight is 544 g/mol. The number of aromatic nitrogens is 3. The molecule has 0 aliphatic rings. The summed E-state index contributed by atoms with van der Waals surface area (Å²) in [5.74, 6) is -1.55. The minimum Gasteiger partial charge on any atom is -0.467 e. The monoisotopic (exact) mass is 543 g/mol. The lowest BCUT2D eigenvalue weighted by atomic mass is 10.1. The lowest BCUT2D eigenvalue weighted by Gasteiger charge is -2.16. The number of carbonyl (C=O) groups is 2. The molecular weight excluding hydrogens is 522 g/mol. The van der Waals surface area contributed by atoms with Crippen molar-refractivity contribution in [2.45, 2.75) is 26.9 Å². The van der Waals surface area contributed by atoms with E-state index in [9.17, 15) is 22.8 Å². The zero-order valence-electron chi connectivity index (χ0n) is 19.4. The molecule has 2 aromatic heterocycles. The van der Waals surface area contributed by atoms with Crippen molar-refractivity contribution in [1.29, 1.82) is 0 Å². The Hall–Kier alpha value is -3.31. The van der Waals surface area contributed by atoms with E-state index in [0.29, 0.717) is 12.1 Å². The normalized spacial score (nSPS) is 11.5. The van der Waals surface area contributed by atoms with Crippen molar-refractivity contribution in [2.75, 3.05) is 18.5 Å². The summed E-state index contributed by atoms with van der Waals surface area (Å²) in [4.78, 5) is 30.2. The first-order valence-electron chi connectivity index (χ1n) is 10.7. The maximum atomic E-state index is 13.3. The summed E-state index contributed by atoms with van der Waals surface area (Å²) in [5.41, 5.74) is 0.546. The third-order valence-electron chi connectivity index (χ3n) is 4.70. The van der Waals surface area contributed by atoms with Crippen molar-refractivity contribution < 1.29 is 27.5 Å². The van der Waals surface area contributed by atoms with Gasteiger partial charge in [-0.2, -0.15) is 13.2 Å². The summed E-state index contributed by atoms with van der Waals surface area (Å²) in [5, 5.41) is 9.72. The van der Waals surface area contributed by atoms with Crippen LogP contribution in [0.2, 0.25) is 10.0 Å². The van der Waals surface area contributed by atoms with Crippen LogP contribution < -0.4 is 15.4 Å². The van der Waals surface area contributed by atoms with E-state index in [-0.39, 0.29) is 38.7 Å². The highest BCUT2D eigenvalue weighted by Gasteiger charge is 2.30. The molecule has 0 bridgehead atoms. The first-order chi connectivity index (χ1) is 16.9. The predicted octanol–water partition coefficient (Wildman–Crippen LogP) is 5.46. The van der Waals surface area contributed by atoms with E-state index >= 15 is 0 Å². The molecule has 8 nitrogen and oxygen atoms in total. The topological polar surface area (TPSA) is 98.1 Å². The van der Waals surface area contributed by atoms with Crippen LogP contribution in [0.4, 0.5) is 18.9 Å². The maximum Gasteiger partial charge on any atom is 0.422 e. The molecule has 0 saturated carbocycles. The Kier molecular flexibility index (Phi) is 8.47. The van der Waals surface area contributed by atoms with Gasteiger partial charge < -0.3 is 15.4 Å². The summed E-state index contributed by atoms with van der Waals surface area (Å²) >= 11 is 12.3. The third-order valence-corrected chi connectivity index (χ3v) is 5.21. The molecule has 3 rings (SSSR count). The highest BCUT2D eigenvalue weighted by molar-refractivity contribution is 6.32. The molecule has 0 saturated heterocycles. The number of alkyl halides is 3. The Labute approximate surface area is 214 Å². The number of nitrogens with one attached hydrogen (secondary N) is 2. The average Bonchev–Trinajstić information content (AvgIpc) is 3.21. The smallest absolute Gasteiger partial charge is 0.422 e. The van der Waals surface area contributed by atoms with E-state index in [4.69, 9.17) is 27.9 Å². The van der Waals surface area contributed by atoms with E-state index in [1.165, 1.54) is 24.4 Å². The molecule has 0 spiro atoms. The molecule has 0 aliphatic heterocycles. The van der Waals surface area contributed by atoms with Gasteiger partial charge in [-0.05, 0) is 42.7 Å². The summed E-state index contributed by atoms with van der Waals surface area (Å²) < 4.78 is 43.7. The molecule has 2 amide bonds. The summed E-state index contributed by atoms with van der Waals surface area (Å²) in [6.45, 7) is 4.27. The maximum absolute atomic E-state index is 13.3. The number of rotatable bonds is 8. The number of pyridine rings is 1. The van der Waals surface area contributed by atoms with Crippen LogP contribution in [0.5, 0.6) is 5.88 Å². The van der Waals surface area contributed by atoms with Gasteiger partial charge >= 0.3 is 6.18 Å². The second-order valence-corrected chi connectivity index (χ2v) is 9.04. The van der Waals surface area contributed by atoms with Crippen molar-refractivity contribution in [2.24, 2.45) is 5.92 Å². The van der Waals surface area contributed by atoms with Gasteiger partial charge in [-0.1, -0.05) is 37.0 Å². The van der Waals surface area contributed by atoms with Gasteiger partial charge in [0.2, 0.25) is 5.88 Å². The van der Waals surface area contributed by atoms with E-state index in [2.05, 4.69) is 20.7 Å². The van der Waals surface area contributed by atoms with Crippen LogP contribution in [0.3, 0.4) is 0 Å². The molecule has 0 fully saturated rings. The molecule has 36 heavy (non-hydrogen) atoms. The zero-order chi connectivity index (χ0) is 26.6. The van der Waals surface area contributed by atoms with E-state index in [0.717, 1.165) is 10.7 Å². The molecule has 0 aliphatic carbocycles. The minimum atomic E-state index is -4.62. The molecule has 3 aromatic rings. The predicted molar refractivity (Wildman–Crippen MR) is 129 cm³/mol. The summed E-state index contributed by atoms with van der Waals surface area (Å²) in [6, 6.07) is 7.00. The molecule has 2 N–H and O–H groups in total. The van der Waals surface area contributed by atoms with Gasteiger partial charge in [0.25, 0.3) is 11.8 Å². The SMILES string of the molecule is Cc1cc(Cl)cc(C(=O)NCC(C)C)c1NC(=O)c1cc(OCC(F)(F)F)nn1-c1ncccc1Cl. The number of carbonyl (C=O) groups excluding carboxylic acids is 2. The van der Waals surface area contributed by atoms with Gasteiger partial charge in [0.05, 0.1) is 16.3 Å². The number of ether oxygens (including phenoxy) is 1. The van der Waals surface area contributed by atoms with Gasteiger partial charge in [0, 0.05) is 23.8 Å². The summed E-state index contributed by atoms with van der Waals surface area (Å²) in [6.07, 6.45) is -3.24. The lowest BCUT2D eigenvalue weighted by Crippen LogP contribution is -2.29. The Morgan fingerprint density at radius 1 is 1.17 bits per heavy atom. The van der Waals surface area contributed by atoms with E-state index in [1.54, 1.807) is 13.0 Å². The number of halogens is 5. The van der Waals surface area contributed by atoms with Crippen LogP contribution in [0, 0.1) is 12.8 Å². The number of amides is 2. The fraction of sp³-hybridized carbons (Fsp3) is 0.304. The van der Waals surface area contributed by atoms with Crippen molar-refractivity contribution >= 4 is 40.7 Å². The van der Waals surface area contributed by atoms with Gasteiger partial charge in [0.15, 0.2) is 12.4 Å². The highest BCUT2D eigenvalue weighted by atomic mass is 35.5. The van der Waals surface area contributed by atoms with Crippen molar-refractivity contribution in [1.82, 2.24) is 20.1 Å². The van der Waals surface area contributed by atoms with Crippen LogP contribution in [0.1, 0.15) is 40.3 Å². The van der Waals surface area contributed by atoms with Crippen LogP contribution in [-0.4, -0.2) is 45.9 Å². The number of hydrogen-bond donors (Lipinski definition) is 2.